The Hall–Kier alpha value is -10.5. The minimum absolute atomic E-state index is 1.08. The fourth-order valence-electron chi connectivity index (χ4n) is 12.1. The molecule has 0 aliphatic heterocycles. The molecule has 0 atom stereocenters. The predicted molar refractivity (Wildman–Crippen MR) is 341 cm³/mol. The van der Waals surface area contributed by atoms with E-state index in [1.165, 1.54) is 115 Å². The van der Waals surface area contributed by atoms with E-state index < -0.39 is 0 Å². The quantitative estimate of drug-likeness (QED) is 0.133. The topological polar surface area (TPSA) is 8.17 Å². The Morgan fingerprint density at radius 3 is 1.10 bits per heavy atom. The molecule has 0 aliphatic carbocycles. The highest BCUT2D eigenvalue weighted by molar-refractivity contribution is 6.09. The number of nitrogens with zero attached hydrogens (tertiary/aromatic N) is 2. The van der Waals surface area contributed by atoms with Gasteiger partial charge in [-0.15, -0.1) is 0 Å². The van der Waals surface area contributed by atoms with Crippen LogP contribution in [0.3, 0.4) is 0 Å². The number of benzene rings is 14. The molecule has 0 radical (unpaired) electrons. The van der Waals surface area contributed by atoms with E-state index in [-0.39, 0.29) is 0 Å². The van der Waals surface area contributed by atoms with Crippen molar-refractivity contribution in [1.82, 2.24) is 4.57 Å². The number of rotatable bonds is 10. The number of para-hydroxylation sites is 2. The average molecular weight is 1020 g/mol. The number of aromatic nitrogens is 1. The van der Waals surface area contributed by atoms with E-state index in [0.29, 0.717) is 0 Å². The summed E-state index contributed by atoms with van der Waals surface area (Å²) in [6.45, 7) is 0. The van der Waals surface area contributed by atoms with E-state index in [1.54, 1.807) is 0 Å². The van der Waals surface area contributed by atoms with Gasteiger partial charge in [0, 0.05) is 33.5 Å². The van der Waals surface area contributed by atoms with Crippen molar-refractivity contribution in [3.8, 4) is 72.4 Å². The molecule has 0 aliphatic rings. The largest absolute Gasteiger partial charge is 0.311 e. The van der Waals surface area contributed by atoms with E-state index in [1.807, 2.05) is 0 Å². The lowest BCUT2D eigenvalue weighted by atomic mass is 9.95. The van der Waals surface area contributed by atoms with Gasteiger partial charge in [-0.2, -0.15) is 0 Å². The number of anilines is 3. The van der Waals surface area contributed by atoms with Gasteiger partial charge in [-0.05, 0) is 190 Å². The molecule has 0 unspecified atom stereocenters. The van der Waals surface area contributed by atoms with Crippen LogP contribution >= 0.6 is 0 Å². The SMILES string of the molecule is c1ccc(-c2ccc3ccc(-c4ccc5ccc(-c6ccc(N(c7ccc(-c8cccc(-c9cccc%10ccccc9%10)c8)cc7)c7ccc(-c8cccc(-n9c%10ccccc%10c%10ccccc%109)c8)cc7)cc6)cc5c4)cc3c2)cc1. The molecule has 80 heavy (non-hydrogen) atoms. The fourth-order valence-corrected chi connectivity index (χ4v) is 12.1. The standard InChI is InChI=1S/C78H52N2/c1-2-13-53(14-3-1)62-31-27-57-29-33-64(50-67(57)48-62)65-34-30-58-28-32-63(49-68(58)51-65)56-39-45-71(46-40-56)79(69-41-35-54(36-42-69)60-17-10-19-66(47-60)74-24-12-16-59-15-4-5-21-73(59)74)70-43-37-55(38-44-70)61-18-11-20-72(52-61)80-77-25-8-6-22-75(77)76-23-7-9-26-78(76)80/h1-52H. The molecule has 0 spiro atoms. The lowest BCUT2D eigenvalue weighted by Gasteiger charge is -2.26. The lowest BCUT2D eigenvalue weighted by Crippen LogP contribution is -2.09. The molecule has 0 saturated heterocycles. The number of hydrogen-bond acceptors (Lipinski definition) is 1. The van der Waals surface area contributed by atoms with Crippen LogP contribution in [0.5, 0.6) is 0 Å². The van der Waals surface area contributed by atoms with Gasteiger partial charge in [0.25, 0.3) is 0 Å². The van der Waals surface area contributed by atoms with Crippen molar-refractivity contribution in [2.24, 2.45) is 0 Å². The fraction of sp³-hybridized carbons (Fsp3) is 0. The maximum Gasteiger partial charge on any atom is 0.0541 e. The minimum atomic E-state index is 1.08. The first kappa shape index (κ1) is 46.7. The molecule has 0 N–H and O–H groups in total. The maximum atomic E-state index is 2.39. The molecule has 2 heteroatoms. The first-order valence-corrected chi connectivity index (χ1v) is 27.5. The highest BCUT2D eigenvalue weighted by Crippen LogP contribution is 2.41. The van der Waals surface area contributed by atoms with E-state index in [9.17, 15) is 0 Å². The van der Waals surface area contributed by atoms with Crippen molar-refractivity contribution >= 4 is 71.2 Å². The van der Waals surface area contributed by atoms with Crippen LogP contribution in [0.2, 0.25) is 0 Å². The van der Waals surface area contributed by atoms with Gasteiger partial charge < -0.3 is 9.47 Å². The van der Waals surface area contributed by atoms with Crippen molar-refractivity contribution in [3.05, 3.63) is 315 Å². The summed E-state index contributed by atoms with van der Waals surface area (Å²) in [6, 6.07) is 115. The third-order valence-electron chi connectivity index (χ3n) is 16.1. The van der Waals surface area contributed by atoms with Gasteiger partial charge in [-0.1, -0.05) is 224 Å². The molecule has 15 aromatic rings. The Balaban J connectivity index is 0.767. The van der Waals surface area contributed by atoms with Gasteiger partial charge in [0.2, 0.25) is 0 Å². The predicted octanol–water partition coefficient (Wildman–Crippen LogP) is 21.7. The third kappa shape index (κ3) is 8.57. The highest BCUT2D eigenvalue weighted by atomic mass is 15.1. The molecule has 0 fully saturated rings. The van der Waals surface area contributed by atoms with E-state index >= 15 is 0 Å². The summed E-state index contributed by atoms with van der Waals surface area (Å²) in [7, 11) is 0. The van der Waals surface area contributed by atoms with Crippen LogP contribution in [-0.4, -0.2) is 4.57 Å². The third-order valence-corrected chi connectivity index (χ3v) is 16.1. The Morgan fingerprint density at radius 2 is 0.562 bits per heavy atom. The zero-order valence-electron chi connectivity index (χ0n) is 43.9. The van der Waals surface area contributed by atoms with E-state index in [4.69, 9.17) is 0 Å². The summed E-state index contributed by atoms with van der Waals surface area (Å²) in [6.07, 6.45) is 0. The van der Waals surface area contributed by atoms with Crippen LogP contribution in [0, 0.1) is 0 Å². The van der Waals surface area contributed by atoms with Gasteiger partial charge in [0.1, 0.15) is 0 Å². The number of hydrogen-bond donors (Lipinski definition) is 0. The summed E-state index contributed by atoms with van der Waals surface area (Å²) >= 11 is 0. The van der Waals surface area contributed by atoms with Crippen LogP contribution in [0.4, 0.5) is 17.1 Å². The van der Waals surface area contributed by atoms with Crippen molar-refractivity contribution in [3.63, 3.8) is 0 Å². The van der Waals surface area contributed by atoms with Crippen LogP contribution in [-0.2, 0) is 0 Å². The summed E-state index contributed by atoms with van der Waals surface area (Å²) < 4.78 is 2.39. The molecule has 374 valence electrons. The summed E-state index contributed by atoms with van der Waals surface area (Å²) in [5, 5.41) is 9.94. The van der Waals surface area contributed by atoms with E-state index in [2.05, 4.69) is 325 Å². The van der Waals surface area contributed by atoms with Crippen molar-refractivity contribution in [1.29, 1.82) is 0 Å². The Morgan fingerprint density at radius 1 is 0.200 bits per heavy atom. The van der Waals surface area contributed by atoms with Gasteiger partial charge in [-0.25, -0.2) is 0 Å². The molecule has 15 rings (SSSR count). The second kappa shape index (κ2) is 19.8. The van der Waals surface area contributed by atoms with Gasteiger partial charge in [0.05, 0.1) is 11.0 Å². The summed E-state index contributed by atoms with van der Waals surface area (Å²) in [5.41, 5.74) is 21.1. The van der Waals surface area contributed by atoms with Crippen molar-refractivity contribution < 1.29 is 0 Å². The second-order valence-corrected chi connectivity index (χ2v) is 20.9. The zero-order valence-corrected chi connectivity index (χ0v) is 43.9. The molecule has 1 heterocycles. The smallest absolute Gasteiger partial charge is 0.0541 e. The first-order valence-electron chi connectivity index (χ1n) is 27.5. The highest BCUT2D eigenvalue weighted by Gasteiger charge is 2.17. The van der Waals surface area contributed by atoms with Crippen LogP contribution in [0.1, 0.15) is 0 Å². The zero-order chi connectivity index (χ0) is 52.9. The van der Waals surface area contributed by atoms with Crippen LogP contribution in [0.15, 0.2) is 315 Å². The molecule has 0 saturated carbocycles. The Bertz CT molecular complexity index is 4740. The maximum absolute atomic E-state index is 2.39. The van der Waals surface area contributed by atoms with Crippen LogP contribution in [0.25, 0.3) is 127 Å². The van der Waals surface area contributed by atoms with Gasteiger partial charge in [0.15, 0.2) is 0 Å². The van der Waals surface area contributed by atoms with Crippen LogP contribution < -0.4 is 4.90 Å². The van der Waals surface area contributed by atoms with Gasteiger partial charge >= 0.3 is 0 Å². The van der Waals surface area contributed by atoms with Crippen molar-refractivity contribution in [2.45, 2.75) is 0 Å². The lowest BCUT2D eigenvalue weighted by molar-refractivity contribution is 1.18. The summed E-state index contributed by atoms with van der Waals surface area (Å²) in [5.74, 6) is 0. The normalized spacial score (nSPS) is 11.5. The van der Waals surface area contributed by atoms with Gasteiger partial charge in [-0.3, -0.25) is 0 Å². The molecular formula is C78H52N2. The Kier molecular flexibility index (Phi) is 11.6. The minimum Gasteiger partial charge on any atom is -0.311 e. The second-order valence-electron chi connectivity index (χ2n) is 20.9. The summed E-state index contributed by atoms with van der Waals surface area (Å²) in [4.78, 5) is 2.37. The molecule has 2 nitrogen and oxygen atoms in total. The average Bonchev–Trinajstić information content (AvgIpc) is 3.92. The molecular weight excluding hydrogens is 965 g/mol. The van der Waals surface area contributed by atoms with Crippen molar-refractivity contribution in [2.75, 3.05) is 4.90 Å². The molecule has 14 aromatic carbocycles. The Labute approximate surface area is 466 Å². The molecule has 0 bridgehead atoms. The monoisotopic (exact) mass is 1020 g/mol. The molecule has 0 amide bonds. The first-order chi connectivity index (χ1) is 39.6. The number of fused-ring (bicyclic) bond motifs is 6. The van der Waals surface area contributed by atoms with E-state index in [0.717, 1.165) is 28.3 Å². The molecule has 1 aromatic heterocycles.